The highest BCUT2D eigenvalue weighted by Crippen LogP contribution is 2.13. The van der Waals surface area contributed by atoms with Crippen LogP contribution < -0.4 is 0 Å². The van der Waals surface area contributed by atoms with Gasteiger partial charge in [0.15, 0.2) is 5.82 Å². The first-order valence-corrected chi connectivity index (χ1v) is 5.31. The number of carbonyl (C=O) groups excluding carboxylic acids is 1. The van der Waals surface area contributed by atoms with Crippen molar-refractivity contribution in [3.8, 4) is 0 Å². The van der Waals surface area contributed by atoms with Crippen molar-refractivity contribution < 1.29 is 19.4 Å². The van der Waals surface area contributed by atoms with Gasteiger partial charge in [-0.3, -0.25) is 4.90 Å². The Morgan fingerprint density at radius 3 is 2.89 bits per heavy atom. The highest BCUT2D eigenvalue weighted by atomic mass is 16.6. The molecule has 1 aliphatic rings. The quantitative estimate of drug-likeness (QED) is 0.767. The van der Waals surface area contributed by atoms with Crippen LogP contribution in [0.15, 0.2) is 12.7 Å². The Kier molecular flexibility index (Phi) is 3.26. The van der Waals surface area contributed by atoms with Gasteiger partial charge in [0.05, 0.1) is 6.54 Å². The maximum absolute atomic E-state index is 11.6. The summed E-state index contributed by atoms with van der Waals surface area (Å²) in [4.78, 5) is 23.9. The Morgan fingerprint density at radius 2 is 2.22 bits per heavy atom. The van der Waals surface area contributed by atoms with Gasteiger partial charge in [-0.1, -0.05) is 12.7 Å². The van der Waals surface area contributed by atoms with E-state index in [2.05, 4.69) is 16.8 Å². The Balaban J connectivity index is 2.09. The van der Waals surface area contributed by atoms with Crippen molar-refractivity contribution in [1.29, 1.82) is 0 Å². The van der Waals surface area contributed by atoms with Crippen molar-refractivity contribution >= 4 is 12.1 Å². The van der Waals surface area contributed by atoms with Crippen LogP contribution in [0.4, 0.5) is 4.79 Å². The van der Waals surface area contributed by atoms with Gasteiger partial charge in [-0.25, -0.2) is 9.59 Å². The summed E-state index contributed by atoms with van der Waals surface area (Å²) >= 11 is 0. The summed E-state index contributed by atoms with van der Waals surface area (Å²) in [5.41, 5.74) is 0. The number of carboxylic acids is 1. The summed E-state index contributed by atoms with van der Waals surface area (Å²) in [7, 11) is 0. The summed E-state index contributed by atoms with van der Waals surface area (Å²) in [5, 5.41) is 16.2. The largest absolute Gasteiger partial charge is 0.475 e. The minimum absolute atomic E-state index is 0.107. The van der Waals surface area contributed by atoms with Crippen LogP contribution in [-0.4, -0.2) is 50.0 Å². The van der Waals surface area contributed by atoms with E-state index >= 15 is 0 Å². The van der Waals surface area contributed by atoms with E-state index in [0.717, 1.165) is 0 Å². The van der Waals surface area contributed by atoms with Crippen molar-refractivity contribution in [2.24, 2.45) is 0 Å². The number of aromatic carboxylic acids is 1. The molecule has 2 rings (SSSR count). The van der Waals surface area contributed by atoms with E-state index in [1.165, 1.54) is 15.5 Å². The monoisotopic (exact) mass is 252 g/mol. The molecule has 0 saturated carbocycles. The zero-order valence-electron chi connectivity index (χ0n) is 9.57. The molecule has 1 aromatic heterocycles. The number of rotatable bonds is 3. The van der Waals surface area contributed by atoms with E-state index in [0.29, 0.717) is 18.9 Å². The van der Waals surface area contributed by atoms with E-state index in [4.69, 9.17) is 9.84 Å². The van der Waals surface area contributed by atoms with Gasteiger partial charge < -0.3 is 14.4 Å². The number of ether oxygens (including phenoxy) is 1. The molecule has 96 valence electrons. The lowest BCUT2D eigenvalue weighted by Gasteiger charge is -2.26. The maximum Gasteiger partial charge on any atom is 0.410 e. The highest BCUT2D eigenvalue weighted by Gasteiger charge is 2.27. The number of amides is 1. The first kappa shape index (κ1) is 12.1. The fourth-order valence-corrected chi connectivity index (χ4v) is 1.69. The first-order chi connectivity index (χ1) is 8.63. The second kappa shape index (κ2) is 4.86. The van der Waals surface area contributed by atoms with Crippen LogP contribution in [0.1, 0.15) is 16.4 Å². The smallest absolute Gasteiger partial charge is 0.410 e. The van der Waals surface area contributed by atoms with Crippen molar-refractivity contribution in [2.45, 2.75) is 13.1 Å². The van der Waals surface area contributed by atoms with E-state index in [9.17, 15) is 9.59 Å². The number of hydrogen-bond acceptors (Lipinski definition) is 5. The van der Waals surface area contributed by atoms with Gasteiger partial charge in [0.2, 0.25) is 5.82 Å². The second-order valence-corrected chi connectivity index (χ2v) is 3.68. The fourth-order valence-electron chi connectivity index (χ4n) is 1.69. The molecule has 0 aromatic carbocycles. The molecule has 0 spiro atoms. The van der Waals surface area contributed by atoms with Gasteiger partial charge in [0.25, 0.3) is 0 Å². The number of carbonyl (C=O) groups is 2. The van der Waals surface area contributed by atoms with E-state index in [1.807, 2.05) is 0 Å². The molecule has 0 fully saturated rings. The van der Waals surface area contributed by atoms with Crippen molar-refractivity contribution in [3.63, 3.8) is 0 Å². The summed E-state index contributed by atoms with van der Waals surface area (Å²) in [5.74, 6) is -0.797. The third kappa shape index (κ3) is 2.17. The molecule has 1 aromatic rings. The molecule has 0 aliphatic carbocycles. The number of carboxylic acid groups (broad SMARTS) is 1. The van der Waals surface area contributed by atoms with E-state index in [-0.39, 0.29) is 19.0 Å². The lowest BCUT2D eigenvalue weighted by Crippen LogP contribution is -2.39. The summed E-state index contributed by atoms with van der Waals surface area (Å²) in [6.07, 6.45) is 1.01. The predicted molar refractivity (Wildman–Crippen MR) is 58.9 cm³/mol. The van der Waals surface area contributed by atoms with Crippen LogP contribution in [0.2, 0.25) is 0 Å². The number of hydrogen-bond donors (Lipinski definition) is 1. The molecule has 8 heteroatoms. The van der Waals surface area contributed by atoms with Gasteiger partial charge in [-0.15, -0.1) is 10.2 Å². The van der Waals surface area contributed by atoms with Crippen LogP contribution in [-0.2, 0) is 17.8 Å². The zero-order valence-corrected chi connectivity index (χ0v) is 9.57. The van der Waals surface area contributed by atoms with Crippen LogP contribution in [0.25, 0.3) is 0 Å². The molecule has 0 bridgehead atoms. The van der Waals surface area contributed by atoms with Crippen LogP contribution in [0.5, 0.6) is 0 Å². The van der Waals surface area contributed by atoms with Crippen molar-refractivity contribution in [2.75, 3.05) is 13.2 Å². The third-order valence-corrected chi connectivity index (χ3v) is 2.53. The molecule has 1 aliphatic heterocycles. The summed E-state index contributed by atoms with van der Waals surface area (Å²) in [6.45, 7) is 4.48. The molecule has 0 radical (unpaired) electrons. The average molecular weight is 252 g/mol. The molecule has 2 heterocycles. The van der Waals surface area contributed by atoms with Gasteiger partial charge in [0.1, 0.15) is 6.61 Å². The highest BCUT2D eigenvalue weighted by molar-refractivity contribution is 5.83. The van der Waals surface area contributed by atoms with Crippen LogP contribution >= 0.6 is 0 Å². The van der Waals surface area contributed by atoms with E-state index < -0.39 is 12.1 Å². The molecular weight excluding hydrogens is 240 g/mol. The minimum Gasteiger partial charge on any atom is -0.475 e. The molecule has 1 amide bonds. The molecule has 0 saturated heterocycles. The van der Waals surface area contributed by atoms with Crippen molar-refractivity contribution in [1.82, 2.24) is 19.7 Å². The Morgan fingerprint density at radius 1 is 1.44 bits per heavy atom. The topological polar surface area (TPSA) is 97.5 Å². The first-order valence-electron chi connectivity index (χ1n) is 5.31. The number of fused-ring (bicyclic) bond motifs is 1. The van der Waals surface area contributed by atoms with Crippen LogP contribution in [0.3, 0.4) is 0 Å². The van der Waals surface area contributed by atoms with Gasteiger partial charge in [-0.2, -0.15) is 0 Å². The van der Waals surface area contributed by atoms with Crippen LogP contribution in [0, 0.1) is 0 Å². The molecular formula is C10H12N4O4. The average Bonchev–Trinajstić information content (AvgIpc) is 2.78. The number of aromatic nitrogens is 3. The summed E-state index contributed by atoms with van der Waals surface area (Å²) in [6, 6.07) is 0. The van der Waals surface area contributed by atoms with Gasteiger partial charge in [0, 0.05) is 13.1 Å². The SMILES string of the molecule is C=CCOC(=O)N1CCn2c(nnc2C(=O)O)C1. The normalized spacial score (nSPS) is 13.9. The lowest BCUT2D eigenvalue weighted by molar-refractivity contribution is 0.0673. The van der Waals surface area contributed by atoms with Gasteiger partial charge >= 0.3 is 12.1 Å². The molecule has 8 nitrogen and oxygen atoms in total. The third-order valence-electron chi connectivity index (χ3n) is 2.53. The maximum atomic E-state index is 11.6. The van der Waals surface area contributed by atoms with Crippen molar-refractivity contribution in [3.05, 3.63) is 24.3 Å². The Bertz CT molecular complexity index is 496. The Hall–Kier alpha value is -2.38. The van der Waals surface area contributed by atoms with E-state index in [1.54, 1.807) is 0 Å². The standard InChI is InChI=1S/C10H12N4O4/c1-2-5-18-10(17)13-3-4-14-7(6-13)11-12-8(14)9(15)16/h2H,1,3-6H2,(H,15,16). The summed E-state index contributed by atoms with van der Waals surface area (Å²) < 4.78 is 6.38. The van der Waals surface area contributed by atoms with Gasteiger partial charge in [-0.05, 0) is 0 Å². The molecule has 1 N–H and O–H groups in total. The predicted octanol–water partition coefficient (Wildman–Crippen LogP) is 0.115. The zero-order chi connectivity index (χ0) is 13.1. The second-order valence-electron chi connectivity index (χ2n) is 3.68. The Labute approximate surface area is 102 Å². The molecule has 0 atom stereocenters. The minimum atomic E-state index is -1.13. The fraction of sp³-hybridized carbons (Fsp3) is 0.400. The molecule has 18 heavy (non-hydrogen) atoms. The molecule has 0 unspecified atom stereocenters. The number of nitrogens with zero attached hydrogens (tertiary/aromatic N) is 4. The lowest BCUT2D eigenvalue weighted by atomic mass is 10.3.